The minimum absolute atomic E-state index is 0. The molecule has 5 nitrogen and oxygen atoms in total. The summed E-state index contributed by atoms with van der Waals surface area (Å²) in [6, 6.07) is 0. The minimum Gasteiger partial charge on any atom is -0.660 e. The van der Waals surface area contributed by atoms with Gasteiger partial charge in [0.05, 0.1) is 33.0 Å². The van der Waals surface area contributed by atoms with Gasteiger partial charge in [0.2, 0.25) is 0 Å². The molecule has 0 bridgehead atoms. The topological polar surface area (TPSA) is 45.0 Å². The van der Waals surface area contributed by atoms with Gasteiger partial charge in [0.15, 0.2) is 0 Å². The van der Waals surface area contributed by atoms with E-state index in [4.69, 9.17) is 14.2 Å². The van der Waals surface area contributed by atoms with Gasteiger partial charge >= 0.3 is 0 Å². The van der Waals surface area contributed by atoms with Crippen molar-refractivity contribution in [3.05, 3.63) is 5.32 Å². The smallest absolute Gasteiger partial charge is 0.0701 e. The molecule has 0 spiro atoms. The maximum Gasteiger partial charge on any atom is 0.0701 e. The molecule has 1 aliphatic rings. The molecule has 1 heterocycles. The molecule has 1 rings (SSSR count). The summed E-state index contributed by atoms with van der Waals surface area (Å²) in [6.45, 7) is 8.51. The predicted octanol–water partition coefficient (Wildman–Crippen LogP) is 0.355. The molecular weight excluding hydrogens is 446 g/mol. The fraction of sp³-hybridized carbons (Fsp3) is 1.00. The number of hydrogen-bond donors (Lipinski definition) is 0. The van der Waals surface area contributed by atoms with Crippen molar-refractivity contribution in [2.45, 2.75) is 0 Å². The molecule has 1 saturated heterocycles. The van der Waals surface area contributed by atoms with Crippen LogP contribution in [0.15, 0.2) is 0 Å². The molecule has 0 atom stereocenters. The van der Waals surface area contributed by atoms with E-state index in [-0.39, 0.29) is 31.1 Å². The molecule has 0 unspecified atom stereocenters. The maximum absolute atomic E-state index is 5.48. The Morgan fingerprint density at radius 3 is 2.18 bits per heavy atom. The Bertz CT molecular complexity index is 158. The van der Waals surface area contributed by atoms with Crippen molar-refractivity contribution in [1.29, 1.82) is 0 Å². The van der Waals surface area contributed by atoms with Crippen LogP contribution in [0, 0.1) is 31.1 Å². The van der Waals surface area contributed by atoms with Gasteiger partial charge in [-0.3, -0.25) is 0 Å². The number of methoxy groups -OCH3 is 1. The van der Waals surface area contributed by atoms with E-state index < -0.39 is 0 Å². The van der Waals surface area contributed by atoms with E-state index in [1.807, 2.05) is 0 Å². The van der Waals surface area contributed by atoms with Gasteiger partial charge in [0.1, 0.15) is 0 Å². The van der Waals surface area contributed by atoms with Crippen molar-refractivity contribution in [1.82, 2.24) is 4.90 Å². The molecule has 6 heteroatoms. The molecular formula is C11H23N2O3U-. The average molecular weight is 469 g/mol. The van der Waals surface area contributed by atoms with Crippen LogP contribution in [-0.2, 0) is 14.2 Å². The second kappa shape index (κ2) is 13.3. The fourth-order valence-corrected chi connectivity index (χ4v) is 1.53. The number of ether oxygens (including phenoxy) is 3. The average Bonchev–Trinajstić information content (AvgIpc) is 2.34. The van der Waals surface area contributed by atoms with Gasteiger partial charge in [-0.1, -0.05) is 0 Å². The van der Waals surface area contributed by atoms with Crippen molar-refractivity contribution in [2.24, 2.45) is 0 Å². The van der Waals surface area contributed by atoms with Gasteiger partial charge in [0.25, 0.3) is 0 Å². The number of hydrogen-bond acceptors (Lipinski definition) is 4. The first-order valence-corrected chi connectivity index (χ1v) is 5.93. The Morgan fingerprint density at radius 2 is 1.53 bits per heavy atom. The molecule has 1 aliphatic heterocycles. The first-order chi connectivity index (χ1) is 7.93. The fourth-order valence-electron chi connectivity index (χ4n) is 1.53. The van der Waals surface area contributed by atoms with E-state index in [0.717, 1.165) is 39.3 Å². The van der Waals surface area contributed by atoms with Gasteiger partial charge in [-0.05, 0) is 13.1 Å². The summed E-state index contributed by atoms with van der Waals surface area (Å²) in [4.78, 5) is 2.39. The van der Waals surface area contributed by atoms with Crippen molar-refractivity contribution < 1.29 is 45.3 Å². The van der Waals surface area contributed by atoms with Gasteiger partial charge in [-0.25, -0.2) is 0 Å². The molecule has 0 aromatic heterocycles. The molecule has 0 N–H and O–H groups in total. The number of piperazine rings is 1. The van der Waals surface area contributed by atoms with Crippen molar-refractivity contribution in [2.75, 3.05) is 72.9 Å². The SMILES string of the molecule is COCCOCCOCCN1CC[N-]CC1.[U]. The predicted molar refractivity (Wildman–Crippen MR) is 63.0 cm³/mol. The van der Waals surface area contributed by atoms with E-state index in [9.17, 15) is 0 Å². The van der Waals surface area contributed by atoms with Crippen LogP contribution >= 0.6 is 0 Å². The Labute approximate surface area is 128 Å². The molecule has 17 heavy (non-hydrogen) atoms. The quantitative estimate of drug-likeness (QED) is 0.458. The maximum atomic E-state index is 5.48. The number of rotatable bonds is 9. The van der Waals surface area contributed by atoms with Crippen LogP contribution in [0.3, 0.4) is 0 Å². The molecule has 0 amide bonds. The third-order valence-corrected chi connectivity index (χ3v) is 2.50. The zero-order valence-corrected chi connectivity index (χ0v) is 14.9. The largest absolute Gasteiger partial charge is 0.660 e. The van der Waals surface area contributed by atoms with Crippen LogP contribution in [-0.4, -0.2) is 77.8 Å². The van der Waals surface area contributed by atoms with E-state index in [2.05, 4.69) is 10.2 Å². The van der Waals surface area contributed by atoms with Gasteiger partial charge in [0, 0.05) is 44.8 Å². The van der Waals surface area contributed by atoms with E-state index in [1.54, 1.807) is 7.11 Å². The zero-order valence-electron chi connectivity index (χ0n) is 10.7. The molecule has 0 aromatic rings. The summed E-state index contributed by atoms with van der Waals surface area (Å²) in [5.74, 6) is 0. The Balaban J connectivity index is 0.00000256. The summed E-state index contributed by atoms with van der Waals surface area (Å²) < 4.78 is 15.6. The number of nitrogens with zero attached hydrogens (tertiary/aromatic N) is 2. The first kappa shape index (κ1) is 17.9. The van der Waals surface area contributed by atoms with Crippen molar-refractivity contribution >= 4 is 0 Å². The normalized spacial score (nSPS) is 16.8. The Morgan fingerprint density at radius 1 is 0.941 bits per heavy atom. The van der Waals surface area contributed by atoms with Crippen LogP contribution in [0.2, 0.25) is 0 Å². The second-order valence-electron chi connectivity index (χ2n) is 3.73. The summed E-state index contributed by atoms with van der Waals surface area (Å²) >= 11 is 0. The van der Waals surface area contributed by atoms with Crippen LogP contribution in [0.4, 0.5) is 0 Å². The van der Waals surface area contributed by atoms with Gasteiger partial charge in [-0.2, -0.15) is 0 Å². The Kier molecular flexibility index (Phi) is 14.0. The zero-order chi connectivity index (χ0) is 11.5. The van der Waals surface area contributed by atoms with Crippen LogP contribution in [0.5, 0.6) is 0 Å². The summed E-state index contributed by atoms with van der Waals surface area (Å²) in [5, 5.41) is 4.30. The molecule has 0 saturated carbocycles. The van der Waals surface area contributed by atoms with Crippen LogP contribution < -0.4 is 0 Å². The van der Waals surface area contributed by atoms with Gasteiger partial charge in [-0.15, -0.1) is 13.1 Å². The standard InChI is InChI=1S/C11H23N2O3.U/c1-14-8-9-16-11-10-15-7-6-13-4-2-12-3-5-13;/h2-11H2,1H3;/q-1;. The second-order valence-corrected chi connectivity index (χ2v) is 3.73. The molecule has 1 fully saturated rings. The van der Waals surface area contributed by atoms with Crippen LogP contribution in [0.25, 0.3) is 5.32 Å². The molecule has 0 aromatic carbocycles. The monoisotopic (exact) mass is 469 g/mol. The first-order valence-electron chi connectivity index (χ1n) is 5.93. The van der Waals surface area contributed by atoms with Crippen molar-refractivity contribution in [3.8, 4) is 0 Å². The molecule has 0 radical (unpaired) electrons. The molecule has 0 aliphatic carbocycles. The third kappa shape index (κ3) is 10.5. The Hall–Kier alpha value is 0.852. The van der Waals surface area contributed by atoms with Crippen LogP contribution in [0.1, 0.15) is 0 Å². The summed E-state index contributed by atoms with van der Waals surface area (Å²) in [7, 11) is 1.67. The minimum atomic E-state index is 0. The van der Waals surface area contributed by atoms with Gasteiger partial charge < -0.3 is 24.4 Å². The van der Waals surface area contributed by atoms with E-state index >= 15 is 0 Å². The summed E-state index contributed by atoms with van der Waals surface area (Å²) in [6.07, 6.45) is 0. The van der Waals surface area contributed by atoms with Crippen molar-refractivity contribution in [3.63, 3.8) is 0 Å². The molecule has 100 valence electrons. The van der Waals surface area contributed by atoms with E-state index in [1.165, 1.54) is 0 Å². The summed E-state index contributed by atoms with van der Waals surface area (Å²) in [5.41, 5.74) is 0. The van der Waals surface area contributed by atoms with E-state index in [0.29, 0.717) is 26.4 Å². The third-order valence-electron chi connectivity index (χ3n) is 2.50.